The molecule has 2 aromatic carbocycles. The number of hydrogen-bond acceptors (Lipinski definition) is 2. The molecule has 0 aliphatic carbocycles. The van der Waals surface area contributed by atoms with Gasteiger partial charge in [0.1, 0.15) is 6.61 Å². The first-order valence-corrected chi connectivity index (χ1v) is 7.65. The molecule has 21 heavy (non-hydrogen) atoms. The van der Waals surface area contributed by atoms with Gasteiger partial charge < -0.3 is 9.64 Å². The third-order valence-corrected chi connectivity index (χ3v) is 4.07. The Morgan fingerprint density at radius 3 is 2.67 bits per heavy atom. The summed E-state index contributed by atoms with van der Waals surface area (Å²) < 4.78 is 6.46. The number of anilines is 1. The Balaban J connectivity index is 1.95. The maximum Gasteiger partial charge on any atom is 0.253 e. The lowest BCUT2D eigenvalue weighted by molar-refractivity contribution is -0.123. The van der Waals surface area contributed by atoms with Crippen molar-refractivity contribution in [3.8, 4) is 0 Å². The summed E-state index contributed by atoms with van der Waals surface area (Å²) in [7, 11) is 0. The Morgan fingerprint density at radius 1 is 1.14 bits per heavy atom. The van der Waals surface area contributed by atoms with E-state index in [1.54, 1.807) is 4.90 Å². The summed E-state index contributed by atoms with van der Waals surface area (Å²) in [6, 6.07) is 14.2. The molecule has 3 nitrogen and oxygen atoms in total. The Morgan fingerprint density at radius 2 is 1.90 bits per heavy atom. The first-order chi connectivity index (χ1) is 10.1. The van der Waals surface area contributed by atoms with Crippen LogP contribution in [0.15, 0.2) is 46.9 Å². The summed E-state index contributed by atoms with van der Waals surface area (Å²) in [5.74, 6) is -0.00310. The van der Waals surface area contributed by atoms with Crippen LogP contribution >= 0.6 is 15.9 Å². The molecule has 0 unspecified atom stereocenters. The number of aryl methyl sites for hydroxylation is 1. The Kier molecular flexibility index (Phi) is 4.08. The van der Waals surface area contributed by atoms with Gasteiger partial charge in [0.05, 0.1) is 13.2 Å². The third-order valence-electron chi connectivity index (χ3n) is 3.58. The van der Waals surface area contributed by atoms with Crippen molar-refractivity contribution in [2.45, 2.75) is 20.1 Å². The predicted molar refractivity (Wildman–Crippen MR) is 86.2 cm³/mol. The van der Waals surface area contributed by atoms with Crippen LogP contribution in [0.1, 0.15) is 16.7 Å². The number of halogens is 1. The molecular weight excluding hydrogens is 330 g/mol. The smallest absolute Gasteiger partial charge is 0.253 e. The lowest BCUT2D eigenvalue weighted by Gasteiger charge is -2.22. The Labute approximate surface area is 132 Å². The minimum atomic E-state index is -0.00310. The van der Waals surface area contributed by atoms with E-state index in [-0.39, 0.29) is 12.5 Å². The second-order valence-corrected chi connectivity index (χ2v) is 6.15. The van der Waals surface area contributed by atoms with E-state index >= 15 is 0 Å². The van der Waals surface area contributed by atoms with Crippen LogP contribution in [0.25, 0.3) is 0 Å². The highest BCUT2D eigenvalue weighted by Gasteiger charge is 2.22. The molecule has 2 aromatic rings. The van der Waals surface area contributed by atoms with E-state index in [9.17, 15) is 4.79 Å². The van der Waals surface area contributed by atoms with Gasteiger partial charge in [-0.15, -0.1) is 0 Å². The van der Waals surface area contributed by atoms with E-state index in [4.69, 9.17) is 4.74 Å². The van der Waals surface area contributed by atoms with Gasteiger partial charge >= 0.3 is 0 Å². The average Bonchev–Trinajstić information content (AvgIpc) is 2.61. The summed E-state index contributed by atoms with van der Waals surface area (Å²) in [4.78, 5) is 14.1. The van der Waals surface area contributed by atoms with Gasteiger partial charge in [0, 0.05) is 15.7 Å². The molecule has 1 heterocycles. The molecule has 1 amide bonds. The van der Waals surface area contributed by atoms with Gasteiger partial charge in [-0.3, -0.25) is 4.79 Å². The topological polar surface area (TPSA) is 29.5 Å². The quantitative estimate of drug-likeness (QED) is 0.827. The number of carbonyl (C=O) groups excluding carboxylic acids is 1. The van der Waals surface area contributed by atoms with E-state index in [2.05, 4.69) is 47.1 Å². The minimum Gasteiger partial charge on any atom is -0.367 e. The van der Waals surface area contributed by atoms with Gasteiger partial charge in [-0.25, -0.2) is 0 Å². The zero-order valence-electron chi connectivity index (χ0n) is 11.8. The molecule has 3 rings (SSSR count). The molecule has 0 saturated heterocycles. The number of rotatable bonds is 2. The van der Waals surface area contributed by atoms with Crippen LogP contribution in [-0.4, -0.2) is 12.5 Å². The zero-order chi connectivity index (χ0) is 14.8. The molecular formula is C17H16BrNO2. The molecule has 0 aromatic heterocycles. The summed E-state index contributed by atoms with van der Waals surface area (Å²) in [5.41, 5.74) is 4.29. The second-order valence-electron chi connectivity index (χ2n) is 5.23. The summed E-state index contributed by atoms with van der Waals surface area (Å²) in [5, 5.41) is 0. The van der Waals surface area contributed by atoms with E-state index in [1.807, 2.05) is 18.2 Å². The van der Waals surface area contributed by atoms with Crippen molar-refractivity contribution in [1.29, 1.82) is 0 Å². The predicted octanol–water partition coefficient (Wildman–Crippen LogP) is 3.82. The lowest BCUT2D eigenvalue weighted by Crippen LogP contribution is -2.32. The molecule has 1 aliphatic rings. The number of nitrogens with zero attached hydrogens (tertiary/aromatic N) is 1. The molecule has 0 fully saturated rings. The fraction of sp³-hybridized carbons (Fsp3) is 0.235. The van der Waals surface area contributed by atoms with Crippen molar-refractivity contribution < 1.29 is 9.53 Å². The maximum absolute atomic E-state index is 12.3. The van der Waals surface area contributed by atoms with Gasteiger partial charge in [-0.05, 0) is 30.7 Å². The molecule has 0 atom stereocenters. The van der Waals surface area contributed by atoms with Crippen molar-refractivity contribution in [3.05, 3.63) is 63.6 Å². The lowest BCUT2D eigenvalue weighted by atomic mass is 10.1. The molecule has 0 N–H and O–H groups in total. The molecule has 0 saturated carbocycles. The van der Waals surface area contributed by atoms with Crippen molar-refractivity contribution in [1.82, 2.24) is 0 Å². The Bertz CT molecular complexity index is 667. The highest BCUT2D eigenvalue weighted by Crippen LogP contribution is 2.29. The van der Waals surface area contributed by atoms with Crippen molar-refractivity contribution in [3.63, 3.8) is 0 Å². The minimum absolute atomic E-state index is 0.00310. The number of fused-ring (bicyclic) bond motifs is 1. The maximum atomic E-state index is 12.3. The molecule has 4 heteroatoms. The molecule has 108 valence electrons. The van der Waals surface area contributed by atoms with Gasteiger partial charge in [-0.2, -0.15) is 0 Å². The van der Waals surface area contributed by atoms with Crippen LogP contribution in [0, 0.1) is 6.92 Å². The number of benzene rings is 2. The first-order valence-electron chi connectivity index (χ1n) is 6.85. The van der Waals surface area contributed by atoms with Crippen LogP contribution in [0.5, 0.6) is 0 Å². The summed E-state index contributed by atoms with van der Waals surface area (Å²) in [6.45, 7) is 3.21. The summed E-state index contributed by atoms with van der Waals surface area (Å²) >= 11 is 3.47. The van der Waals surface area contributed by atoms with Crippen molar-refractivity contribution >= 4 is 27.5 Å². The highest BCUT2D eigenvalue weighted by atomic mass is 79.9. The highest BCUT2D eigenvalue weighted by molar-refractivity contribution is 9.10. The van der Waals surface area contributed by atoms with Gasteiger partial charge in [0.2, 0.25) is 0 Å². The molecule has 0 spiro atoms. The number of carbonyl (C=O) groups is 1. The fourth-order valence-corrected chi connectivity index (χ4v) is 2.85. The van der Waals surface area contributed by atoms with Crippen LogP contribution in [0.4, 0.5) is 5.69 Å². The molecule has 0 bridgehead atoms. The zero-order valence-corrected chi connectivity index (χ0v) is 13.4. The van der Waals surface area contributed by atoms with Crippen molar-refractivity contribution in [2.24, 2.45) is 0 Å². The number of ether oxygens (including phenoxy) is 1. The number of amides is 1. The third kappa shape index (κ3) is 3.17. The molecule has 0 radical (unpaired) electrons. The van der Waals surface area contributed by atoms with Gasteiger partial charge in [0.15, 0.2) is 0 Å². The van der Waals surface area contributed by atoms with Crippen LogP contribution in [0.2, 0.25) is 0 Å². The van der Waals surface area contributed by atoms with Crippen LogP contribution in [0.3, 0.4) is 0 Å². The SMILES string of the molecule is Cc1ccc(CN2C(=O)COCc3cc(Br)ccc32)cc1. The van der Waals surface area contributed by atoms with Gasteiger partial charge in [0.25, 0.3) is 5.91 Å². The van der Waals surface area contributed by atoms with Crippen molar-refractivity contribution in [2.75, 3.05) is 11.5 Å². The second kappa shape index (κ2) is 6.00. The van der Waals surface area contributed by atoms with E-state index in [1.165, 1.54) is 5.56 Å². The average molecular weight is 346 g/mol. The normalized spacial score (nSPS) is 14.8. The van der Waals surface area contributed by atoms with Crippen LogP contribution in [-0.2, 0) is 22.7 Å². The monoisotopic (exact) mass is 345 g/mol. The largest absolute Gasteiger partial charge is 0.367 e. The van der Waals surface area contributed by atoms with E-state index in [0.717, 1.165) is 21.3 Å². The van der Waals surface area contributed by atoms with Gasteiger partial charge in [-0.1, -0.05) is 45.8 Å². The summed E-state index contributed by atoms with van der Waals surface area (Å²) in [6.07, 6.45) is 0. The Hall–Kier alpha value is -1.65. The molecule has 1 aliphatic heterocycles. The fourth-order valence-electron chi connectivity index (χ4n) is 2.44. The number of hydrogen-bond donors (Lipinski definition) is 0. The van der Waals surface area contributed by atoms with E-state index < -0.39 is 0 Å². The van der Waals surface area contributed by atoms with E-state index in [0.29, 0.717) is 13.2 Å². The standard InChI is InChI=1S/C17H16BrNO2/c1-12-2-4-13(5-3-12)9-19-16-7-6-15(18)8-14(16)10-21-11-17(19)20/h2-8H,9-11H2,1H3. The first kappa shape index (κ1) is 14.3. The van der Waals surface area contributed by atoms with Crippen LogP contribution < -0.4 is 4.90 Å².